The van der Waals surface area contributed by atoms with E-state index in [9.17, 15) is 8.42 Å². The minimum absolute atomic E-state index is 0.344. The van der Waals surface area contributed by atoms with Crippen LogP contribution in [0.5, 0.6) is 0 Å². The first-order valence-corrected chi connectivity index (χ1v) is 8.69. The van der Waals surface area contributed by atoms with Crippen molar-refractivity contribution >= 4 is 10.0 Å². The van der Waals surface area contributed by atoms with Gasteiger partial charge in [0, 0.05) is 13.1 Å². The normalized spacial score (nSPS) is 13.7. The SMILES string of the molecule is CCNCC(C)S(=O)(=O)NCc1ccc(C(C)C)cc1. The van der Waals surface area contributed by atoms with Crippen LogP contribution in [-0.2, 0) is 16.6 Å². The average Bonchev–Trinajstić information content (AvgIpc) is 2.43. The van der Waals surface area contributed by atoms with Crippen LogP contribution < -0.4 is 10.0 Å². The first kappa shape index (κ1) is 17.1. The molecule has 1 rings (SSSR count). The first-order chi connectivity index (χ1) is 9.36. The molecule has 4 nitrogen and oxygen atoms in total. The monoisotopic (exact) mass is 298 g/mol. The lowest BCUT2D eigenvalue weighted by Crippen LogP contribution is -2.38. The number of sulfonamides is 1. The molecule has 2 N–H and O–H groups in total. The van der Waals surface area contributed by atoms with Gasteiger partial charge in [-0.15, -0.1) is 0 Å². The van der Waals surface area contributed by atoms with Gasteiger partial charge in [-0.25, -0.2) is 13.1 Å². The van der Waals surface area contributed by atoms with Gasteiger partial charge in [-0.05, 0) is 30.5 Å². The molecular weight excluding hydrogens is 272 g/mol. The Hall–Kier alpha value is -0.910. The van der Waals surface area contributed by atoms with Gasteiger partial charge < -0.3 is 5.32 Å². The molecule has 1 aromatic carbocycles. The van der Waals surface area contributed by atoms with Crippen molar-refractivity contribution in [2.24, 2.45) is 0 Å². The molecule has 0 aromatic heterocycles. The molecule has 0 fully saturated rings. The number of nitrogens with one attached hydrogen (secondary N) is 2. The Morgan fingerprint density at radius 1 is 1.10 bits per heavy atom. The molecule has 0 heterocycles. The molecule has 20 heavy (non-hydrogen) atoms. The van der Waals surface area contributed by atoms with Gasteiger partial charge in [0.1, 0.15) is 0 Å². The Morgan fingerprint density at radius 3 is 2.20 bits per heavy atom. The van der Waals surface area contributed by atoms with E-state index in [0.717, 1.165) is 12.1 Å². The van der Waals surface area contributed by atoms with Crippen molar-refractivity contribution < 1.29 is 8.42 Å². The van der Waals surface area contributed by atoms with Crippen LogP contribution in [0.15, 0.2) is 24.3 Å². The van der Waals surface area contributed by atoms with Crippen molar-refractivity contribution in [3.63, 3.8) is 0 Å². The van der Waals surface area contributed by atoms with E-state index in [4.69, 9.17) is 0 Å². The van der Waals surface area contributed by atoms with E-state index in [1.807, 2.05) is 19.1 Å². The summed E-state index contributed by atoms with van der Waals surface area (Å²) >= 11 is 0. The van der Waals surface area contributed by atoms with Gasteiger partial charge in [0.2, 0.25) is 10.0 Å². The highest BCUT2D eigenvalue weighted by Gasteiger charge is 2.19. The summed E-state index contributed by atoms with van der Waals surface area (Å²) in [4.78, 5) is 0. The maximum atomic E-state index is 12.0. The molecule has 0 aliphatic heterocycles. The number of rotatable bonds is 8. The second-order valence-electron chi connectivity index (χ2n) is 5.38. The van der Waals surface area contributed by atoms with Crippen molar-refractivity contribution in [3.05, 3.63) is 35.4 Å². The van der Waals surface area contributed by atoms with Crippen LogP contribution >= 0.6 is 0 Å². The van der Waals surface area contributed by atoms with Crippen LogP contribution in [0.2, 0.25) is 0 Å². The molecule has 5 heteroatoms. The standard InChI is InChI=1S/C15H26N2O2S/c1-5-16-10-13(4)20(18,19)17-11-14-6-8-15(9-7-14)12(2)3/h6-9,12-13,16-17H,5,10-11H2,1-4H3. The van der Waals surface area contributed by atoms with E-state index in [-0.39, 0.29) is 0 Å². The van der Waals surface area contributed by atoms with Crippen LogP contribution in [0, 0.1) is 0 Å². The van der Waals surface area contributed by atoms with Gasteiger partial charge in [-0.3, -0.25) is 0 Å². The molecule has 1 unspecified atom stereocenters. The lowest BCUT2D eigenvalue weighted by atomic mass is 10.0. The third-order valence-electron chi connectivity index (χ3n) is 3.34. The molecule has 114 valence electrons. The molecule has 0 aliphatic carbocycles. The average molecular weight is 298 g/mol. The highest BCUT2D eigenvalue weighted by Crippen LogP contribution is 2.14. The van der Waals surface area contributed by atoms with Crippen molar-refractivity contribution in [2.75, 3.05) is 13.1 Å². The Kier molecular flexibility index (Phi) is 6.65. The van der Waals surface area contributed by atoms with E-state index in [2.05, 4.69) is 36.0 Å². The molecule has 1 aromatic rings. The molecule has 0 saturated carbocycles. The van der Waals surface area contributed by atoms with E-state index in [0.29, 0.717) is 19.0 Å². The van der Waals surface area contributed by atoms with Crippen molar-refractivity contribution in [2.45, 2.75) is 45.4 Å². The van der Waals surface area contributed by atoms with Crippen LogP contribution in [0.3, 0.4) is 0 Å². The summed E-state index contributed by atoms with van der Waals surface area (Å²) in [6, 6.07) is 8.06. The smallest absolute Gasteiger partial charge is 0.215 e. The van der Waals surface area contributed by atoms with Gasteiger partial charge in [-0.1, -0.05) is 45.0 Å². The second kappa shape index (κ2) is 7.76. The van der Waals surface area contributed by atoms with Crippen LogP contribution in [-0.4, -0.2) is 26.8 Å². The topological polar surface area (TPSA) is 58.2 Å². The minimum atomic E-state index is -3.27. The third kappa shape index (κ3) is 5.23. The Morgan fingerprint density at radius 2 is 1.70 bits per heavy atom. The van der Waals surface area contributed by atoms with Gasteiger partial charge in [0.15, 0.2) is 0 Å². The van der Waals surface area contributed by atoms with Crippen LogP contribution in [0.4, 0.5) is 0 Å². The van der Waals surface area contributed by atoms with E-state index < -0.39 is 15.3 Å². The molecule has 0 radical (unpaired) electrons. The van der Waals surface area contributed by atoms with Crippen molar-refractivity contribution in [1.29, 1.82) is 0 Å². The molecule has 0 bridgehead atoms. The molecule has 0 amide bonds. The van der Waals surface area contributed by atoms with Crippen molar-refractivity contribution in [3.8, 4) is 0 Å². The van der Waals surface area contributed by atoms with Gasteiger partial charge in [-0.2, -0.15) is 0 Å². The Balaban J connectivity index is 2.57. The van der Waals surface area contributed by atoms with E-state index in [1.54, 1.807) is 6.92 Å². The highest BCUT2D eigenvalue weighted by atomic mass is 32.2. The fourth-order valence-electron chi connectivity index (χ4n) is 1.80. The Labute approximate surface area is 123 Å². The molecule has 0 saturated heterocycles. The van der Waals surface area contributed by atoms with Crippen LogP contribution in [0.1, 0.15) is 44.7 Å². The minimum Gasteiger partial charge on any atom is -0.316 e. The quantitative estimate of drug-likeness (QED) is 0.774. The zero-order valence-electron chi connectivity index (χ0n) is 12.8. The summed E-state index contributed by atoms with van der Waals surface area (Å²) in [5, 5.41) is 2.62. The maximum Gasteiger partial charge on any atom is 0.215 e. The van der Waals surface area contributed by atoms with Crippen molar-refractivity contribution in [1.82, 2.24) is 10.0 Å². The summed E-state index contributed by atoms with van der Waals surface area (Å²) in [6.45, 7) is 9.54. The largest absolute Gasteiger partial charge is 0.316 e. The van der Waals surface area contributed by atoms with Gasteiger partial charge in [0.25, 0.3) is 0 Å². The first-order valence-electron chi connectivity index (χ1n) is 7.14. The summed E-state index contributed by atoms with van der Waals surface area (Å²) in [5.74, 6) is 0.487. The summed E-state index contributed by atoms with van der Waals surface area (Å²) in [5.41, 5.74) is 2.24. The molecule has 1 atom stereocenters. The maximum absolute atomic E-state index is 12.0. The zero-order chi connectivity index (χ0) is 15.2. The summed E-state index contributed by atoms with van der Waals surface area (Å²) in [6.07, 6.45) is 0. The lowest BCUT2D eigenvalue weighted by Gasteiger charge is -2.14. The molecule has 0 aliphatic rings. The third-order valence-corrected chi connectivity index (χ3v) is 5.11. The number of hydrogen-bond donors (Lipinski definition) is 2. The van der Waals surface area contributed by atoms with Gasteiger partial charge >= 0.3 is 0 Å². The summed E-state index contributed by atoms with van der Waals surface area (Å²) in [7, 11) is -3.27. The number of benzene rings is 1. The molecule has 0 spiro atoms. The Bertz CT molecular complexity index is 495. The van der Waals surface area contributed by atoms with Gasteiger partial charge in [0.05, 0.1) is 5.25 Å². The predicted molar refractivity (Wildman–Crippen MR) is 84.3 cm³/mol. The van der Waals surface area contributed by atoms with Crippen LogP contribution in [0.25, 0.3) is 0 Å². The highest BCUT2D eigenvalue weighted by molar-refractivity contribution is 7.90. The van der Waals surface area contributed by atoms with E-state index in [1.165, 1.54) is 5.56 Å². The lowest BCUT2D eigenvalue weighted by molar-refractivity contribution is 0.560. The number of hydrogen-bond acceptors (Lipinski definition) is 3. The fourth-order valence-corrected chi connectivity index (χ4v) is 2.79. The molecular formula is C15H26N2O2S. The van der Waals surface area contributed by atoms with E-state index >= 15 is 0 Å². The predicted octanol–water partition coefficient (Wildman–Crippen LogP) is 2.23. The zero-order valence-corrected chi connectivity index (χ0v) is 13.6. The fraction of sp³-hybridized carbons (Fsp3) is 0.600. The summed E-state index contributed by atoms with van der Waals surface area (Å²) < 4.78 is 26.7. The second-order valence-corrected chi connectivity index (χ2v) is 7.56.